The summed E-state index contributed by atoms with van der Waals surface area (Å²) >= 11 is 0. The molecule has 0 aliphatic heterocycles. The number of anilines is 2. The minimum absolute atomic E-state index is 0.568. The lowest BCUT2D eigenvalue weighted by molar-refractivity contribution is 0.858. The highest BCUT2D eigenvalue weighted by Crippen LogP contribution is 2.29. The topological polar surface area (TPSA) is 6.48 Å². The zero-order valence-electron chi connectivity index (χ0n) is 10.7. The lowest BCUT2D eigenvalue weighted by atomic mass is 10.00. The van der Waals surface area contributed by atoms with Crippen LogP contribution in [0.4, 0.5) is 11.4 Å². The molecule has 0 amide bonds. The average molecular weight is 206 g/mol. The Bertz CT molecular complexity index is 327. The van der Waals surface area contributed by atoms with E-state index in [1.165, 1.54) is 16.9 Å². The smallest absolute Gasteiger partial charge is 0.0416 e. The van der Waals surface area contributed by atoms with Crippen molar-refractivity contribution in [2.75, 3.05) is 38.0 Å². The number of nitrogens with zero attached hydrogens (tertiary/aromatic N) is 2. The van der Waals surface area contributed by atoms with E-state index in [-0.39, 0.29) is 0 Å². The summed E-state index contributed by atoms with van der Waals surface area (Å²) in [6.07, 6.45) is 0. The van der Waals surface area contributed by atoms with Crippen molar-refractivity contribution in [2.24, 2.45) is 0 Å². The third kappa shape index (κ3) is 2.65. The lowest BCUT2D eigenvalue weighted by Gasteiger charge is -2.23. The molecule has 0 N–H and O–H groups in total. The van der Waals surface area contributed by atoms with Crippen LogP contribution >= 0.6 is 0 Å². The Balaban J connectivity index is 3.21. The minimum atomic E-state index is 0.568. The Morgan fingerprint density at radius 3 is 1.93 bits per heavy atom. The van der Waals surface area contributed by atoms with Crippen LogP contribution in [-0.4, -0.2) is 28.2 Å². The average Bonchev–Trinajstić information content (AvgIpc) is 2.16. The van der Waals surface area contributed by atoms with Crippen LogP contribution in [0.1, 0.15) is 25.3 Å². The largest absolute Gasteiger partial charge is 0.378 e. The van der Waals surface area contributed by atoms with Gasteiger partial charge in [-0.2, -0.15) is 0 Å². The highest BCUT2D eigenvalue weighted by molar-refractivity contribution is 5.63. The number of hydrogen-bond donors (Lipinski definition) is 0. The molecule has 0 spiro atoms. The number of rotatable bonds is 3. The highest BCUT2D eigenvalue weighted by atomic mass is 15.1. The quantitative estimate of drug-likeness (QED) is 0.750. The molecular weight excluding hydrogens is 184 g/mol. The van der Waals surface area contributed by atoms with Crippen LogP contribution in [0, 0.1) is 0 Å². The van der Waals surface area contributed by atoms with E-state index in [1.54, 1.807) is 0 Å². The molecule has 0 aliphatic carbocycles. The van der Waals surface area contributed by atoms with Crippen molar-refractivity contribution in [1.29, 1.82) is 0 Å². The zero-order chi connectivity index (χ0) is 11.6. The maximum atomic E-state index is 2.25. The van der Waals surface area contributed by atoms with E-state index < -0.39 is 0 Å². The van der Waals surface area contributed by atoms with Crippen molar-refractivity contribution in [2.45, 2.75) is 19.8 Å². The van der Waals surface area contributed by atoms with Gasteiger partial charge in [-0.3, -0.25) is 0 Å². The van der Waals surface area contributed by atoms with Gasteiger partial charge in [0, 0.05) is 39.6 Å². The fourth-order valence-corrected chi connectivity index (χ4v) is 1.69. The van der Waals surface area contributed by atoms with Gasteiger partial charge in [0.2, 0.25) is 0 Å². The first-order valence-corrected chi connectivity index (χ1v) is 5.42. The van der Waals surface area contributed by atoms with Gasteiger partial charge in [-0.15, -0.1) is 0 Å². The summed E-state index contributed by atoms with van der Waals surface area (Å²) in [6, 6.07) is 6.66. The van der Waals surface area contributed by atoms with E-state index in [0.29, 0.717) is 5.92 Å². The molecule has 0 fully saturated rings. The van der Waals surface area contributed by atoms with Crippen molar-refractivity contribution in [1.82, 2.24) is 0 Å². The monoisotopic (exact) mass is 206 g/mol. The molecule has 84 valence electrons. The molecule has 0 atom stereocenters. The molecular formula is C13H22N2. The molecule has 2 nitrogen and oxygen atoms in total. The summed E-state index contributed by atoms with van der Waals surface area (Å²) in [5.41, 5.74) is 3.98. The van der Waals surface area contributed by atoms with E-state index >= 15 is 0 Å². The normalized spacial score (nSPS) is 10.6. The van der Waals surface area contributed by atoms with E-state index in [2.05, 4.69) is 70.0 Å². The fraction of sp³-hybridized carbons (Fsp3) is 0.538. The maximum absolute atomic E-state index is 2.25. The van der Waals surface area contributed by atoms with Crippen LogP contribution in [-0.2, 0) is 0 Å². The van der Waals surface area contributed by atoms with Crippen molar-refractivity contribution in [3.8, 4) is 0 Å². The van der Waals surface area contributed by atoms with E-state index in [1.807, 2.05) is 0 Å². The van der Waals surface area contributed by atoms with Gasteiger partial charge in [-0.05, 0) is 23.6 Å². The molecule has 0 aromatic heterocycles. The molecule has 0 aliphatic rings. The van der Waals surface area contributed by atoms with E-state index in [0.717, 1.165) is 0 Å². The Labute approximate surface area is 93.5 Å². The van der Waals surface area contributed by atoms with Crippen molar-refractivity contribution < 1.29 is 0 Å². The molecule has 0 unspecified atom stereocenters. The third-order valence-electron chi connectivity index (χ3n) is 2.63. The van der Waals surface area contributed by atoms with E-state index in [9.17, 15) is 0 Å². The van der Waals surface area contributed by atoms with Crippen LogP contribution in [0.25, 0.3) is 0 Å². The van der Waals surface area contributed by atoms with Gasteiger partial charge in [0.1, 0.15) is 0 Å². The maximum Gasteiger partial charge on any atom is 0.0416 e. The van der Waals surface area contributed by atoms with Gasteiger partial charge < -0.3 is 9.80 Å². The van der Waals surface area contributed by atoms with Crippen LogP contribution in [0.3, 0.4) is 0 Å². The minimum Gasteiger partial charge on any atom is -0.378 e. The van der Waals surface area contributed by atoms with E-state index in [4.69, 9.17) is 0 Å². The van der Waals surface area contributed by atoms with Gasteiger partial charge in [-0.1, -0.05) is 19.9 Å². The second-order valence-electron chi connectivity index (χ2n) is 4.69. The molecule has 1 aromatic rings. The predicted octanol–water partition coefficient (Wildman–Crippen LogP) is 2.94. The first-order chi connectivity index (χ1) is 6.93. The summed E-state index contributed by atoms with van der Waals surface area (Å²) in [4.78, 5) is 4.32. The molecule has 15 heavy (non-hydrogen) atoms. The summed E-state index contributed by atoms with van der Waals surface area (Å²) in [6.45, 7) is 4.47. The second-order valence-corrected chi connectivity index (χ2v) is 4.69. The van der Waals surface area contributed by atoms with Crippen LogP contribution in [0.2, 0.25) is 0 Å². The first-order valence-electron chi connectivity index (χ1n) is 5.42. The fourth-order valence-electron chi connectivity index (χ4n) is 1.69. The molecule has 1 aromatic carbocycles. The molecule has 0 heterocycles. The standard InChI is InChI=1S/C13H22N2/c1-10(2)12-8-7-11(14(3)4)9-13(12)15(5)6/h7-10H,1-6H3. The summed E-state index contributed by atoms with van der Waals surface area (Å²) in [7, 11) is 8.34. The van der Waals surface area contributed by atoms with Crippen LogP contribution in [0.5, 0.6) is 0 Å². The Morgan fingerprint density at radius 2 is 1.53 bits per heavy atom. The second kappa shape index (κ2) is 4.56. The molecule has 0 saturated heterocycles. The number of benzene rings is 1. The van der Waals surface area contributed by atoms with Gasteiger partial charge in [0.15, 0.2) is 0 Å². The Kier molecular flexibility index (Phi) is 3.61. The molecule has 0 bridgehead atoms. The van der Waals surface area contributed by atoms with Crippen LogP contribution in [0.15, 0.2) is 18.2 Å². The summed E-state index contributed by atoms with van der Waals surface area (Å²) in [5, 5.41) is 0. The Hall–Kier alpha value is -1.18. The first kappa shape index (κ1) is 11.9. The molecule has 1 rings (SSSR count). The summed E-state index contributed by atoms with van der Waals surface area (Å²) in [5.74, 6) is 0.568. The third-order valence-corrected chi connectivity index (χ3v) is 2.63. The van der Waals surface area contributed by atoms with Gasteiger partial charge >= 0.3 is 0 Å². The van der Waals surface area contributed by atoms with Crippen molar-refractivity contribution in [3.05, 3.63) is 23.8 Å². The lowest BCUT2D eigenvalue weighted by Crippen LogP contribution is -2.14. The zero-order valence-corrected chi connectivity index (χ0v) is 10.7. The molecule has 2 heteroatoms. The predicted molar refractivity (Wildman–Crippen MR) is 69.2 cm³/mol. The van der Waals surface area contributed by atoms with Crippen molar-refractivity contribution in [3.63, 3.8) is 0 Å². The van der Waals surface area contributed by atoms with Gasteiger partial charge in [-0.25, -0.2) is 0 Å². The molecule has 0 radical (unpaired) electrons. The van der Waals surface area contributed by atoms with Crippen LogP contribution < -0.4 is 9.80 Å². The summed E-state index contributed by atoms with van der Waals surface area (Å²) < 4.78 is 0. The highest BCUT2D eigenvalue weighted by Gasteiger charge is 2.09. The van der Waals surface area contributed by atoms with Crippen molar-refractivity contribution >= 4 is 11.4 Å². The van der Waals surface area contributed by atoms with Gasteiger partial charge in [0.25, 0.3) is 0 Å². The SMILES string of the molecule is CC(C)c1ccc(N(C)C)cc1N(C)C. The number of hydrogen-bond acceptors (Lipinski definition) is 2. The molecule has 0 saturated carbocycles. The van der Waals surface area contributed by atoms with Gasteiger partial charge in [0.05, 0.1) is 0 Å². The Morgan fingerprint density at radius 1 is 0.933 bits per heavy atom.